The molecule has 150 valence electrons. The van der Waals surface area contributed by atoms with Gasteiger partial charge in [-0.05, 0) is 0 Å². The minimum absolute atomic E-state index is 0.235. The zero-order valence-corrected chi connectivity index (χ0v) is 15.0. The number of methoxy groups -OCH3 is 1. The highest BCUT2D eigenvalue weighted by atomic mass is 16.6. The fraction of sp³-hybridized carbons (Fsp3) is 0.529. The van der Waals surface area contributed by atoms with E-state index in [4.69, 9.17) is 19.3 Å². The van der Waals surface area contributed by atoms with Gasteiger partial charge in [0.2, 0.25) is 0 Å². The molecule has 1 unspecified atom stereocenters. The molecule has 1 rings (SSSR count). The number of hydrogen-bond acceptors (Lipinski definition) is 9. The highest BCUT2D eigenvalue weighted by Crippen LogP contribution is 2.06. The molecule has 0 aromatic carbocycles. The number of carboxylic acid groups (broad SMARTS) is 1. The van der Waals surface area contributed by atoms with Gasteiger partial charge in [0.25, 0.3) is 0 Å². The number of morpholine rings is 1. The van der Waals surface area contributed by atoms with Gasteiger partial charge in [-0.25, -0.2) is 19.2 Å². The maximum absolute atomic E-state index is 11.7. The summed E-state index contributed by atoms with van der Waals surface area (Å²) in [7, 11) is 1.17. The summed E-state index contributed by atoms with van der Waals surface area (Å²) in [4.78, 5) is 46.8. The van der Waals surface area contributed by atoms with Crippen LogP contribution >= 0.6 is 0 Å². The van der Waals surface area contributed by atoms with Gasteiger partial charge >= 0.3 is 23.9 Å². The van der Waals surface area contributed by atoms with Gasteiger partial charge in [-0.15, -0.1) is 0 Å². The van der Waals surface area contributed by atoms with Gasteiger partial charge in [0.05, 0.1) is 20.3 Å². The van der Waals surface area contributed by atoms with Gasteiger partial charge in [0, 0.05) is 50.4 Å². The maximum Gasteiger partial charge on any atom is 0.331 e. The zero-order valence-electron chi connectivity index (χ0n) is 15.0. The van der Waals surface area contributed by atoms with Crippen LogP contribution in [0.5, 0.6) is 0 Å². The molecule has 0 aliphatic carbocycles. The lowest BCUT2D eigenvalue weighted by Crippen LogP contribution is -2.39. The summed E-state index contributed by atoms with van der Waals surface area (Å²) in [5, 5.41) is 8.54. The van der Waals surface area contributed by atoms with Gasteiger partial charge in [0.15, 0.2) is 0 Å². The molecule has 1 heterocycles. The molecule has 0 saturated carbocycles. The van der Waals surface area contributed by atoms with Crippen LogP contribution in [-0.2, 0) is 38.1 Å². The van der Waals surface area contributed by atoms with Crippen LogP contribution in [0.3, 0.4) is 0 Å². The molecule has 27 heavy (non-hydrogen) atoms. The molecular formula is C17H23NO9. The number of rotatable bonds is 10. The second-order valence-corrected chi connectivity index (χ2v) is 5.46. The van der Waals surface area contributed by atoms with Gasteiger partial charge in [-0.1, -0.05) is 0 Å². The first-order valence-corrected chi connectivity index (χ1v) is 8.25. The van der Waals surface area contributed by atoms with Crippen LogP contribution in [0, 0.1) is 0 Å². The zero-order chi connectivity index (χ0) is 20.1. The van der Waals surface area contributed by atoms with E-state index in [1.54, 1.807) is 0 Å². The molecule has 0 bridgehead atoms. The Hall–Kier alpha value is -2.72. The molecule has 1 atom stereocenters. The highest BCUT2D eigenvalue weighted by molar-refractivity contribution is 5.92. The summed E-state index contributed by atoms with van der Waals surface area (Å²) in [6, 6.07) is 0. The van der Waals surface area contributed by atoms with E-state index in [0.717, 1.165) is 31.3 Å². The molecule has 1 fully saturated rings. The normalized spacial score (nSPS) is 16.2. The highest BCUT2D eigenvalue weighted by Gasteiger charge is 2.18. The Bertz CT molecular complexity index is 579. The number of carbonyl (C=O) groups is 4. The van der Waals surface area contributed by atoms with Crippen molar-refractivity contribution in [2.75, 3.05) is 46.6 Å². The second-order valence-electron chi connectivity index (χ2n) is 5.46. The number of esters is 3. The van der Waals surface area contributed by atoms with E-state index in [-0.39, 0.29) is 6.61 Å². The summed E-state index contributed by atoms with van der Waals surface area (Å²) in [5.41, 5.74) is 0. The average molecular weight is 385 g/mol. The average Bonchev–Trinajstić information content (AvgIpc) is 2.67. The van der Waals surface area contributed by atoms with Crippen molar-refractivity contribution in [2.45, 2.75) is 12.5 Å². The van der Waals surface area contributed by atoms with Crippen molar-refractivity contribution in [1.29, 1.82) is 0 Å². The van der Waals surface area contributed by atoms with Gasteiger partial charge in [0.1, 0.15) is 12.7 Å². The largest absolute Gasteiger partial charge is 0.478 e. The third kappa shape index (κ3) is 10.8. The van der Waals surface area contributed by atoms with E-state index >= 15 is 0 Å². The first kappa shape index (κ1) is 22.3. The van der Waals surface area contributed by atoms with Crippen molar-refractivity contribution in [3.05, 3.63) is 24.3 Å². The van der Waals surface area contributed by atoms with Gasteiger partial charge < -0.3 is 24.1 Å². The Kier molecular flexibility index (Phi) is 10.4. The van der Waals surface area contributed by atoms with Gasteiger partial charge in [-0.2, -0.15) is 0 Å². The molecular weight excluding hydrogens is 362 g/mol. The van der Waals surface area contributed by atoms with Crippen LogP contribution in [0.15, 0.2) is 24.3 Å². The quantitative estimate of drug-likeness (QED) is 0.299. The molecule has 10 nitrogen and oxygen atoms in total. The van der Waals surface area contributed by atoms with Crippen molar-refractivity contribution in [1.82, 2.24) is 4.90 Å². The lowest BCUT2D eigenvalue weighted by Gasteiger charge is -2.28. The molecule has 0 aromatic heterocycles. The van der Waals surface area contributed by atoms with Crippen LogP contribution in [0.25, 0.3) is 0 Å². The summed E-state index contributed by atoms with van der Waals surface area (Å²) in [5.74, 6) is -3.64. The number of ether oxygens (including phenoxy) is 4. The number of carbonyl (C=O) groups excluding carboxylic acids is 3. The Morgan fingerprint density at radius 1 is 1.04 bits per heavy atom. The van der Waals surface area contributed by atoms with Crippen molar-refractivity contribution < 1.29 is 43.2 Å². The Labute approximate surface area is 156 Å². The fourth-order valence-corrected chi connectivity index (χ4v) is 2.10. The minimum Gasteiger partial charge on any atom is -0.478 e. The predicted octanol–water partition coefficient (Wildman–Crippen LogP) is -0.466. The second kappa shape index (κ2) is 12.6. The standard InChI is InChI=1S/C17H23NO9/c1-24-15(21)4-5-16(22)26-12-13(27-17(23)3-2-14(19)20)6-7-18-8-10-25-11-9-18/h2-5,13H,6-12H2,1H3,(H,19,20)/b3-2+,5-4+. The number of nitrogens with zero attached hydrogens (tertiary/aromatic N) is 1. The van der Waals surface area contributed by atoms with E-state index < -0.39 is 30.0 Å². The van der Waals surface area contributed by atoms with Crippen LogP contribution in [0.1, 0.15) is 6.42 Å². The molecule has 0 amide bonds. The van der Waals surface area contributed by atoms with Crippen LogP contribution in [0.4, 0.5) is 0 Å². The van der Waals surface area contributed by atoms with Crippen molar-refractivity contribution in [3.8, 4) is 0 Å². The molecule has 0 aromatic rings. The third-order valence-corrected chi connectivity index (χ3v) is 3.48. The van der Waals surface area contributed by atoms with Crippen LogP contribution in [0.2, 0.25) is 0 Å². The SMILES string of the molecule is COC(=O)/C=C/C(=O)OCC(CCN1CCOCC1)OC(=O)/C=C/C(=O)O. The lowest BCUT2D eigenvalue weighted by atomic mass is 10.2. The maximum atomic E-state index is 11.7. The van der Waals surface area contributed by atoms with E-state index in [2.05, 4.69) is 9.64 Å². The number of carboxylic acids is 1. The predicted molar refractivity (Wildman–Crippen MR) is 90.6 cm³/mol. The molecule has 1 saturated heterocycles. The smallest absolute Gasteiger partial charge is 0.331 e. The van der Waals surface area contributed by atoms with E-state index in [9.17, 15) is 19.2 Å². The summed E-state index contributed by atoms with van der Waals surface area (Å²) >= 11 is 0. The van der Waals surface area contributed by atoms with Crippen LogP contribution in [-0.4, -0.2) is 86.6 Å². The topological polar surface area (TPSA) is 129 Å². The third-order valence-electron chi connectivity index (χ3n) is 3.48. The van der Waals surface area contributed by atoms with Crippen molar-refractivity contribution >= 4 is 23.9 Å². The molecule has 1 aliphatic heterocycles. The Balaban J connectivity index is 2.55. The van der Waals surface area contributed by atoms with E-state index in [0.29, 0.717) is 32.3 Å². The first-order chi connectivity index (χ1) is 12.9. The summed E-state index contributed by atoms with van der Waals surface area (Å²) < 4.78 is 19.7. The summed E-state index contributed by atoms with van der Waals surface area (Å²) in [6.45, 7) is 3.04. The number of aliphatic carboxylic acids is 1. The molecule has 1 aliphatic rings. The Morgan fingerprint density at radius 3 is 2.30 bits per heavy atom. The van der Waals surface area contributed by atoms with E-state index in [1.165, 1.54) is 7.11 Å². The van der Waals surface area contributed by atoms with Gasteiger partial charge in [-0.3, -0.25) is 4.90 Å². The number of hydrogen-bond donors (Lipinski definition) is 1. The summed E-state index contributed by atoms with van der Waals surface area (Å²) in [6.07, 6.45) is 2.86. The van der Waals surface area contributed by atoms with E-state index in [1.807, 2.05) is 0 Å². The van der Waals surface area contributed by atoms with Crippen LogP contribution < -0.4 is 0 Å². The first-order valence-electron chi connectivity index (χ1n) is 8.25. The molecule has 0 radical (unpaired) electrons. The van der Waals surface area contributed by atoms with Crippen molar-refractivity contribution in [2.24, 2.45) is 0 Å². The fourth-order valence-electron chi connectivity index (χ4n) is 2.10. The van der Waals surface area contributed by atoms with Crippen molar-refractivity contribution in [3.63, 3.8) is 0 Å². The lowest BCUT2D eigenvalue weighted by molar-refractivity contribution is -0.153. The minimum atomic E-state index is -1.28. The molecule has 10 heteroatoms. The monoisotopic (exact) mass is 385 g/mol. The molecule has 0 spiro atoms. The molecule has 1 N–H and O–H groups in total. The Morgan fingerprint density at radius 2 is 1.67 bits per heavy atom.